The maximum Gasteiger partial charge on any atom is 0.305 e. The van der Waals surface area contributed by atoms with Crippen molar-refractivity contribution in [2.45, 2.75) is 116 Å². The molecule has 0 aromatic heterocycles. The van der Waals surface area contributed by atoms with E-state index in [4.69, 9.17) is 9.47 Å². The Balaban J connectivity index is 0.000000263. The van der Waals surface area contributed by atoms with Gasteiger partial charge in [0, 0.05) is 12.8 Å². The molecule has 2 aliphatic heterocycles. The van der Waals surface area contributed by atoms with Crippen LogP contribution in [0.25, 0.3) is 0 Å². The van der Waals surface area contributed by atoms with Crippen molar-refractivity contribution < 1.29 is 19.1 Å². The van der Waals surface area contributed by atoms with Crippen molar-refractivity contribution in [3.63, 3.8) is 0 Å². The fourth-order valence-electron chi connectivity index (χ4n) is 3.38. The van der Waals surface area contributed by atoms with Crippen molar-refractivity contribution in [1.82, 2.24) is 0 Å². The average Bonchev–Trinajstić information content (AvgIpc) is 2.67. The van der Waals surface area contributed by atoms with Gasteiger partial charge in [0.1, 0.15) is 0 Å². The van der Waals surface area contributed by atoms with Gasteiger partial charge in [-0.25, -0.2) is 0 Å². The molecule has 152 valence electrons. The fourth-order valence-corrected chi connectivity index (χ4v) is 3.38. The first-order chi connectivity index (χ1) is 12.8. The molecule has 0 N–H and O–H groups in total. The van der Waals surface area contributed by atoms with Gasteiger partial charge in [0.05, 0.1) is 13.2 Å². The molecule has 0 aromatic rings. The van der Waals surface area contributed by atoms with E-state index in [-0.39, 0.29) is 11.9 Å². The highest BCUT2D eigenvalue weighted by atomic mass is 16.5. The highest BCUT2D eigenvalue weighted by molar-refractivity contribution is 5.69. The van der Waals surface area contributed by atoms with Crippen molar-refractivity contribution >= 4 is 11.9 Å². The van der Waals surface area contributed by atoms with Crippen LogP contribution in [0.15, 0.2) is 0 Å². The van der Waals surface area contributed by atoms with Gasteiger partial charge in [-0.1, -0.05) is 77.0 Å². The van der Waals surface area contributed by atoms with Crippen LogP contribution in [0, 0.1) is 0 Å². The lowest BCUT2D eigenvalue weighted by molar-refractivity contribution is -0.144. The quantitative estimate of drug-likeness (QED) is 0.484. The Labute approximate surface area is 160 Å². The van der Waals surface area contributed by atoms with Gasteiger partial charge < -0.3 is 9.47 Å². The average molecular weight is 369 g/mol. The molecule has 2 aliphatic rings. The van der Waals surface area contributed by atoms with Crippen LogP contribution in [0.4, 0.5) is 0 Å². The summed E-state index contributed by atoms with van der Waals surface area (Å²) in [6.45, 7) is 1.28. The normalized spacial score (nSPS) is 22.6. The Morgan fingerprint density at radius 1 is 0.385 bits per heavy atom. The molecule has 0 amide bonds. The molecule has 2 rings (SSSR count). The molecule has 0 spiro atoms. The molecule has 4 heteroatoms. The zero-order chi connectivity index (χ0) is 18.7. The van der Waals surface area contributed by atoms with Gasteiger partial charge in [0.25, 0.3) is 0 Å². The van der Waals surface area contributed by atoms with Crippen LogP contribution in [0.1, 0.15) is 116 Å². The highest BCUT2D eigenvalue weighted by Crippen LogP contribution is 2.12. The molecule has 0 aliphatic carbocycles. The van der Waals surface area contributed by atoms with Crippen LogP contribution < -0.4 is 0 Å². The molecule has 2 fully saturated rings. The van der Waals surface area contributed by atoms with E-state index in [1.165, 1.54) is 77.0 Å². The van der Waals surface area contributed by atoms with Crippen LogP contribution in [0.2, 0.25) is 0 Å². The molecule has 26 heavy (non-hydrogen) atoms. The van der Waals surface area contributed by atoms with E-state index >= 15 is 0 Å². The minimum Gasteiger partial charge on any atom is -0.466 e. The molecular formula is C22H40O4. The van der Waals surface area contributed by atoms with Gasteiger partial charge in [-0.3, -0.25) is 9.59 Å². The maximum absolute atomic E-state index is 11.2. The topological polar surface area (TPSA) is 52.6 Å². The monoisotopic (exact) mass is 368 g/mol. The number of esters is 2. The first-order valence-electron chi connectivity index (χ1n) is 11.1. The van der Waals surface area contributed by atoms with E-state index in [9.17, 15) is 9.59 Å². The molecule has 2 saturated heterocycles. The predicted octanol–water partition coefficient (Wildman–Crippen LogP) is 6.11. The summed E-state index contributed by atoms with van der Waals surface area (Å²) in [4.78, 5) is 22.2. The Kier molecular flexibility index (Phi) is 15.3. The van der Waals surface area contributed by atoms with Crippen molar-refractivity contribution in [2.24, 2.45) is 0 Å². The summed E-state index contributed by atoms with van der Waals surface area (Å²) < 4.78 is 10.2. The van der Waals surface area contributed by atoms with E-state index in [1.807, 2.05) is 0 Å². The Bertz CT molecular complexity index is 324. The largest absolute Gasteiger partial charge is 0.466 e. The Morgan fingerprint density at radius 2 is 0.654 bits per heavy atom. The number of ether oxygens (including phenoxy) is 2. The fraction of sp³-hybridized carbons (Fsp3) is 0.909. The number of carbonyl (C=O) groups is 2. The van der Waals surface area contributed by atoms with Crippen molar-refractivity contribution in [3.8, 4) is 0 Å². The molecule has 0 radical (unpaired) electrons. The van der Waals surface area contributed by atoms with Crippen molar-refractivity contribution in [3.05, 3.63) is 0 Å². The van der Waals surface area contributed by atoms with Gasteiger partial charge in [-0.2, -0.15) is 0 Å². The molecule has 0 atom stereocenters. The summed E-state index contributed by atoms with van der Waals surface area (Å²) in [5, 5.41) is 0. The highest BCUT2D eigenvalue weighted by Gasteiger charge is 2.04. The van der Waals surface area contributed by atoms with Crippen LogP contribution in [-0.4, -0.2) is 25.2 Å². The number of rotatable bonds is 0. The van der Waals surface area contributed by atoms with E-state index in [0.717, 1.165) is 25.7 Å². The summed E-state index contributed by atoms with van der Waals surface area (Å²) in [5.74, 6) is 0.00106. The number of carbonyl (C=O) groups excluding carboxylic acids is 2. The van der Waals surface area contributed by atoms with E-state index < -0.39 is 0 Å². The van der Waals surface area contributed by atoms with Gasteiger partial charge in [-0.05, 0) is 25.7 Å². The lowest BCUT2D eigenvalue weighted by Crippen LogP contribution is -2.05. The number of hydrogen-bond donors (Lipinski definition) is 0. The number of hydrogen-bond acceptors (Lipinski definition) is 4. The van der Waals surface area contributed by atoms with Crippen molar-refractivity contribution in [1.29, 1.82) is 0 Å². The Morgan fingerprint density at radius 3 is 1.00 bits per heavy atom. The SMILES string of the molecule is O=C1CCCCCCCCCCCO1.O=C1CCCCCCCCCO1. The minimum atomic E-state index is -0.00287. The molecule has 0 aromatic carbocycles. The first kappa shape index (κ1) is 23.0. The third-order valence-corrected chi connectivity index (χ3v) is 5.08. The molecule has 2 heterocycles. The van der Waals surface area contributed by atoms with E-state index in [2.05, 4.69) is 0 Å². The second kappa shape index (κ2) is 17.4. The van der Waals surface area contributed by atoms with Gasteiger partial charge >= 0.3 is 11.9 Å². The van der Waals surface area contributed by atoms with E-state index in [1.54, 1.807) is 0 Å². The molecular weight excluding hydrogens is 328 g/mol. The zero-order valence-electron chi connectivity index (χ0n) is 16.8. The lowest BCUT2D eigenvalue weighted by Gasteiger charge is -2.03. The summed E-state index contributed by atoms with van der Waals surface area (Å²) >= 11 is 0. The summed E-state index contributed by atoms with van der Waals surface area (Å²) in [6.07, 6.45) is 20.8. The summed E-state index contributed by atoms with van der Waals surface area (Å²) in [6, 6.07) is 0. The molecule has 0 bridgehead atoms. The van der Waals surface area contributed by atoms with Gasteiger partial charge in [-0.15, -0.1) is 0 Å². The number of cyclic esters (lactones) is 2. The van der Waals surface area contributed by atoms with Gasteiger partial charge in [0.15, 0.2) is 0 Å². The molecule has 0 unspecified atom stereocenters. The lowest BCUT2D eigenvalue weighted by atomic mass is 10.1. The Hall–Kier alpha value is -1.06. The van der Waals surface area contributed by atoms with Crippen LogP contribution in [-0.2, 0) is 19.1 Å². The first-order valence-corrected chi connectivity index (χ1v) is 11.1. The van der Waals surface area contributed by atoms with Crippen LogP contribution in [0.5, 0.6) is 0 Å². The smallest absolute Gasteiger partial charge is 0.305 e. The summed E-state index contributed by atoms with van der Waals surface area (Å²) in [5.41, 5.74) is 0. The minimum absolute atomic E-state index is 0.00287. The summed E-state index contributed by atoms with van der Waals surface area (Å²) in [7, 11) is 0. The second-order valence-electron chi connectivity index (χ2n) is 7.60. The third-order valence-electron chi connectivity index (χ3n) is 5.08. The third kappa shape index (κ3) is 15.2. The zero-order valence-corrected chi connectivity index (χ0v) is 16.8. The molecule has 4 nitrogen and oxygen atoms in total. The van der Waals surface area contributed by atoms with Crippen LogP contribution >= 0.6 is 0 Å². The van der Waals surface area contributed by atoms with Gasteiger partial charge in [0.2, 0.25) is 0 Å². The van der Waals surface area contributed by atoms with E-state index in [0.29, 0.717) is 26.1 Å². The maximum atomic E-state index is 11.2. The standard InChI is InChI=1S/C12H22O2.C10H18O2/c13-12-10-8-6-4-2-1-3-5-7-9-11-14-12;11-10-8-6-4-2-1-3-5-7-9-12-10/h1-11H2;1-9H2. The van der Waals surface area contributed by atoms with Crippen LogP contribution in [0.3, 0.4) is 0 Å². The predicted molar refractivity (Wildman–Crippen MR) is 105 cm³/mol. The van der Waals surface area contributed by atoms with Crippen molar-refractivity contribution in [2.75, 3.05) is 13.2 Å². The molecule has 0 saturated carbocycles. The second-order valence-corrected chi connectivity index (χ2v) is 7.60.